The van der Waals surface area contributed by atoms with Crippen LogP contribution in [0.15, 0.2) is 0 Å². The van der Waals surface area contributed by atoms with Crippen molar-refractivity contribution in [2.45, 2.75) is 159 Å². The highest BCUT2D eigenvalue weighted by atomic mass is 32.2. The van der Waals surface area contributed by atoms with Crippen molar-refractivity contribution in [3.05, 3.63) is 0 Å². The summed E-state index contributed by atoms with van der Waals surface area (Å²) in [6, 6.07) is -6.13. The molecular weight excluding hydrogens is 951 g/mol. The molecule has 404 valence electrons. The van der Waals surface area contributed by atoms with Gasteiger partial charge in [0.25, 0.3) is 0 Å². The molecule has 2 heterocycles. The van der Waals surface area contributed by atoms with E-state index >= 15 is 0 Å². The second-order valence-electron chi connectivity index (χ2n) is 18.4. The first-order valence-corrected chi connectivity index (χ1v) is 25.4. The number of hydrogen-bond donors (Lipinski definition) is 13. The number of nitrogens with two attached hydrogens (primary N) is 2. The largest absolute Gasteiger partial charge is 0.395 e. The van der Waals surface area contributed by atoms with Gasteiger partial charge in [-0.25, -0.2) is 0 Å². The molecule has 2 aliphatic rings. The maximum atomic E-state index is 13.6. The number of aliphatic hydroxyl groups is 4. The third kappa shape index (κ3) is 21.8. The summed E-state index contributed by atoms with van der Waals surface area (Å²) >= 11 is 0.981. The van der Waals surface area contributed by atoms with Crippen LogP contribution >= 0.6 is 11.8 Å². The van der Waals surface area contributed by atoms with E-state index in [1.54, 1.807) is 4.90 Å². The molecule has 10 atom stereocenters. The summed E-state index contributed by atoms with van der Waals surface area (Å²) in [6.07, 6.45) is -0.621. The highest BCUT2D eigenvalue weighted by molar-refractivity contribution is 8.00. The SMILES string of the molecule is CC(=O)NC(CSC1CC(=O)N(CCCCN2C[C@H](O)[C@@H](O)[C@H](O)[C@H]2CO)C1=O)C(=O)NC(CCCCN)C(=O)NCC(=O)NCC(=O)NC(C)C(=O)NC(CCCCN)C(=O)NC(CC(C)C)C(C)=O. The molecule has 0 bridgehead atoms. The number of β-amino-alcohol motifs (C(OH)–C–C–N with tert-alkyl or cyclic N) is 1. The molecule has 26 heteroatoms. The van der Waals surface area contributed by atoms with Crippen molar-refractivity contribution < 1.29 is 68.4 Å². The zero-order valence-electron chi connectivity index (χ0n) is 41.6. The lowest BCUT2D eigenvalue weighted by Crippen LogP contribution is -2.62. The first-order chi connectivity index (χ1) is 33.5. The lowest BCUT2D eigenvalue weighted by Gasteiger charge is -2.43. The second kappa shape index (κ2) is 32.3. The molecule has 0 aromatic rings. The van der Waals surface area contributed by atoms with Crippen molar-refractivity contribution in [2.75, 3.05) is 58.2 Å². The van der Waals surface area contributed by atoms with E-state index in [-0.39, 0.29) is 56.4 Å². The first kappa shape index (κ1) is 62.3. The van der Waals surface area contributed by atoms with E-state index in [9.17, 15) is 68.4 Å². The second-order valence-corrected chi connectivity index (χ2v) is 19.7. The van der Waals surface area contributed by atoms with E-state index in [2.05, 4.69) is 37.2 Å². The first-order valence-electron chi connectivity index (χ1n) is 24.3. The van der Waals surface area contributed by atoms with Gasteiger partial charge in [-0.15, -0.1) is 11.8 Å². The number of hydrogen-bond acceptors (Lipinski definition) is 18. The summed E-state index contributed by atoms with van der Waals surface area (Å²) in [7, 11) is 0. The number of imide groups is 1. The van der Waals surface area contributed by atoms with Crippen LogP contribution in [0.4, 0.5) is 0 Å². The number of carbonyl (C=O) groups excluding carboxylic acids is 10. The number of Topliss-reactive ketones (excluding diaryl/α,β-unsaturated/α-hetero) is 1. The Kier molecular flexibility index (Phi) is 28.3. The monoisotopic (exact) mass is 1030 g/mol. The normalized spacial score (nSPS) is 21.4. The fourth-order valence-electron chi connectivity index (χ4n) is 7.93. The molecule has 2 fully saturated rings. The van der Waals surface area contributed by atoms with Crippen molar-refractivity contribution in [3.63, 3.8) is 0 Å². The molecule has 6 unspecified atom stereocenters. The molecule has 9 amide bonds. The van der Waals surface area contributed by atoms with E-state index in [1.807, 2.05) is 13.8 Å². The number of likely N-dealkylation sites (tertiary alicyclic amines) is 2. The van der Waals surface area contributed by atoms with Gasteiger partial charge in [-0.2, -0.15) is 0 Å². The minimum Gasteiger partial charge on any atom is -0.395 e. The van der Waals surface area contributed by atoms with Gasteiger partial charge in [0, 0.05) is 32.2 Å². The zero-order valence-corrected chi connectivity index (χ0v) is 42.4. The van der Waals surface area contributed by atoms with Crippen LogP contribution in [0.5, 0.6) is 0 Å². The summed E-state index contributed by atoms with van der Waals surface area (Å²) in [5.74, 6) is -6.09. The average Bonchev–Trinajstić information content (AvgIpc) is 3.58. The van der Waals surface area contributed by atoms with Gasteiger partial charge in [-0.1, -0.05) is 13.8 Å². The van der Waals surface area contributed by atoms with Crippen LogP contribution < -0.4 is 48.7 Å². The molecule has 0 spiro atoms. The Morgan fingerprint density at radius 3 is 1.82 bits per heavy atom. The summed E-state index contributed by atoms with van der Waals surface area (Å²) < 4.78 is 0. The molecule has 0 aromatic carbocycles. The maximum absolute atomic E-state index is 13.6. The highest BCUT2D eigenvalue weighted by Gasteiger charge is 2.42. The smallest absolute Gasteiger partial charge is 0.244 e. The fourth-order valence-corrected chi connectivity index (χ4v) is 9.12. The van der Waals surface area contributed by atoms with Gasteiger partial charge in [-0.3, -0.25) is 57.7 Å². The number of thioether (sulfide) groups is 1. The highest BCUT2D eigenvalue weighted by Crippen LogP contribution is 2.27. The number of piperidine rings is 1. The summed E-state index contributed by atoms with van der Waals surface area (Å²) in [5.41, 5.74) is 11.2. The van der Waals surface area contributed by atoms with Gasteiger partial charge < -0.3 is 69.1 Å². The Balaban J connectivity index is 1.94. The molecule has 0 saturated carbocycles. The van der Waals surface area contributed by atoms with Crippen molar-refractivity contribution in [2.24, 2.45) is 17.4 Å². The number of ketones is 1. The van der Waals surface area contributed by atoms with Gasteiger partial charge in [0.2, 0.25) is 53.2 Å². The van der Waals surface area contributed by atoms with E-state index in [1.165, 1.54) is 20.8 Å². The van der Waals surface area contributed by atoms with Crippen LogP contribution in [0, 0.1) is 5.92 Å². The van der Waals surface area contributed by atoms with E-state index in [0.717, 1.165) is 16.7 Å². The maximum Gasteiger partial charge on any atom is 0.244 e. The molecule has 2 aliphatic heterocycles. The van der Waals surface area contributed by atoms with Crippen LogP contribution in [0.3, 0.4) is 0 Å². The molecule has 25 nitrogen and oxygen atoms in total. The average molecular weight is 1030 g/mol. The minimum absolute atomic E-state index is 0.0188. The number of aliphatic hydroxyl groups excluding tert-OH is 4. The van der Waals surface area contributed by atoms with E-state index < -0.39 is 133 Å². The van der Waals surface area contributed by atoms with Crippen molar-refractivity contribution >= 4 is 70.7 Å². The van der Waals surface area contributed by atoms with Gasteiger partial charge >= 0.3 is 0 Å². The molecule has 0 aliphatic carbocycles. The van der Waals surface area contributed by atoms with Gasteiger partial charge in [0.15, 0.2) is 5.78 Å². The predicted octanol–water partition coefficient (Wildman–Crippen LogP) is -5.02. The molecule has 0 radical (unpaired) electrons. The predicted molar refractivity (Wildman–Crippen MR) is 260 cm³/mol. The van der Waals surface area contributed by atoms with Gasteiger partial charge in [-0.05, 0) is 97.2 Å². The third-order valence-corrected chi connectivity index (χ3v) is 13.3. The van der Waals surface area contributed by atoms with Crippen LogP contribution in [0.1, 0.15) is 98.8 Å². The Morgan fingerprint density at radius 1 is 0.676 bits per heavy atom. The minimum atomic E-state index is -1.40. The van der Waals surface area contributed by atoms with Crippen LogP contribution in [0.2, 0.25) is 0 Å². The van der Waals surface area contributed by atoms with E-state index in [0.29, 0.717) is 58.0 Å². The Bertz CT molecular complexity index is 1810. The Hall–Kier alpha value is -4.83. The van der Waals surface area contributed by atoms with Crippen molar-refractivity contribution in [3.8, 4) is 0 Å². The lowest BCUT2D eigenvalue weighted by molar-refractivity contribution is -0.145. The number of carbonyl (C=O) groups is 10. The molecule has 0 aromatic heterocycles. The lowest BCUT2D eigenvalue weighted by atomic mass is 9.94. The van der Waals surface area contributed by atoms with Crippen molar-refractivity contribution in [1.29, 1.82) is 0 Å². The molecule has 71 heavy (non-hydrogen) atoms. The number of nitrogens with one attached hydrogen (secondary N) is 7. The Labute approximate surface area is 419 Å². The number of unbranched alkanes of at least 4 members (excludes halogenated alkanes) is 3. The molecule has 2 saturated heterocycles. The quantitative estimate of drug-likeness (QED) is 0.0216. The molecule has 2 rings (SSSR count). The van der Waals surface area contributed by atoms with Crippen LogP contribution in [0.25, 0.3) is 0 Å². The molecule has 15 N–H and O–H groups in total. The summed E-state index contributed by atoms with van der Waals surface area (Å²) in [4.78, 5) is 132. The van der Waals surface area contributed by atoms with Gasteiger partial charge in [0.05, 0.1) is 43.1 Å². The Morgan fingerprint density at radius 2 is 1.24 bits per heavy atom. The van der Waals surface area contributed by atoms with E-state index in [4.69, 9.17) is 11.5 Å². The number of rotatable bonds is 33. The molecular formula is C45H79N11O14S. The summed E-state index contributed by atoms with van der Waals surface area (Å²) in [6.45, 7) is 7.15. The number of nitrogens with zero attached hydrogens (tertiary/aromatic N) is 2. The number of amides is 9. The third-order valence-electron chi connectivity index (χ3n) is 12.0. The van der Waals surface area contributed by atoms with Crippen molar-refractivity contribution in [1.82, 2.24) is 47.0 Å². The zero-order chi connectivity index (χ0) is 53.4. The summed E-state index contributed by atoms with van der Waals surface area (Å²) in [5, 5.41) is 56.7. The van der Waals surface area contributed by atoms with Crippen LogP contribution in [-0.2, 0) is 47.9 Å². The van der Waals surface area contributed by atoms with Crippen LogP contribution in [-0.4, -0.2) is 207 Å². The fraction of sp³-hybridized carbons (Fsp3) is 0.778. The topological polar surface area (TPSA) is 394 Å². The standard InChI is InChI=1S/C45H79N11O14S/c1-25(2)18-31(27(4)58)54-43(68)30(13-7-9-15-47)52-41(66)26(3)50-37(62)21-48-36(61)20-49-42(67)29(12-6-8-14-46)53-44(69)32(51-28(5)59)24-71-35-19-38(63)56(45(35)70)17-11-10-16-55-22-34(60)40(65)39(64)33(55)23-57/h25-26,29-35,39-40,57,60,64-65H,6-24,46-47H2,1-5H3,(H,48,61)(H,49,67)(H,50,62)(H,51,59)(H,52,66)(H,53,69)(H,54,68)/t26?,29?,30?,31?,32?,33-,34+,35?,39-,40-/m1/s1. The van der Waals surface area contributed by atoms with Gasteiger partial charge in [0.1, 0.15) is 36.4 Å².